The number of furan rings is 1. The van der Waals surface area contributed by atoms with E-state index in [1.165, 1.54) is 0 Å². The Balaban J connectivity index is 0.00000289. The number of benzene rings is 1. The zero-order chi connectivity index (χ0) is 21.8. The van der Waals surface area contributed by atoms with Gasteiger partial charge in [0, 0.05) is 31.6 Å². The van der Waals surface area contributed by atoms with Crippen molar-refractivity contribution in [3.8, 4) is 10.8 Å². The number of rotatable bonds is 6. The van der Waals surface area contributed by atoms with E-state index in [2.05, 4.69) is 26.7 Å². The normalized spacial score (nSPS) is 16.4. The van der Waals surface area contributed by atoms with Crippen LogP contribution in [0.2, 0.25) is 0 Å². The Labute approximate surface area is 209 Å². The van der Waals surface area contributed by atoms with Gasteiger partial charge in [0.15, 0.2) is 16.7 Å². The Hall–Kier alpha value is -2.14. The fourth-order valence-electron chi connectivity index (χ4n) is 3.67. The highest BCUT2D eigenvalue weighted by atomic mass is 127. The van der Waals surface area contributed by atoms with Crippen molar-refractivity contribution < 1.29 is 9.21 Å². The Bertz CT molecular complexity index is 1040. The van der Waals surface area contributed by atoms with Gasteiger partial charge in [-0.15, -0.1) is 35.3 Å². The molecule has 1 aliphatic rings. The van der Waals surface area contributed by atoms with Crippen LogP contribution in [0.3, 0.4) is 0 Å². The van der Waals surface area contributed by atoms with Crippen LogP contribution in [0, 0.1) is 5.92 Å². The number of para-hydroxylation sites is 1. The van der Waals surface area contributed by atoms with E-state index in [4.69, 9.17) is 4.42 Å². The minimum Gasteiger partial charge on any atom is -0.457 e. The maximum Gasteiger partial charge on any atom is 0.225 e. The molecule has 0 spiro atoms. The molecule has 9 heteroatoms. The SMILES string of the molecule is CCNC(=NCc1ccc(-c2nc3ccccc3s2)o1)NC1CCN(C(=O)C(C)C)C1.I. The molecule has 0 aliphatic carbocycles. The molecular formula is C23H30IN5O2S. The standard InChI is InChI=1S/C23H29N5O2S.HI/c1-4-24-23(26-16-11-12-28(14-16)22(29)15(2)3)25-13-17-9-10-19(30-17)21-27-18-7-5-6-8-20(18)31-21;/h5-10,15-16H,4,11-14H2,1-3H3,(H2,24,25,26);1H. The molecule has 1 fully saturated rings. The lowest BCUT2D eigenvalue weighted by Gasteiger charge is -2.20. The van der Waals surface area contributed by atoms with Gasteiger partial charge in [-0.1, -0.05) is 26.0 Å². The van der Waals surface area contributed by atoms with Crippen molar-refractivity contribution in [1.82, 2.24) is 20.5 Å². The van der Waals surface area contributed by atoms with E-state index in [0.29, 0.717) is 13.1 Å². The summed E-state index contributed by atoms with van der Waals surface area (Å²) in [6.45, 7) is 8.63. The zero-order valence-corrected chi connectivity index (χ0v) is 21.8. The first-order chi connectivity index (χ1) is 15.0. The largest absolute Gasteiger partial charge is 0.457 e. The Morgan fingerprint density at radius 1 is 1.31 bits per heavy atom. The van der Waals surface area contributed by atoms with Gasteiger partial charge in [-0.3, -0.25) is 4.79 Å². The van der Waals surface area contributed by atoms with Gasteiger partial charge in [0.1, 0.15) is 12.3 Å². The average molecular weight is 567 g/mol. The summed E-state index contributed by atoms with van der Waals surface area (Å²) in [6.07, 6.45) is 0.922. The monoisotopic (exact) mass is 567 g/mol. The molecule has 4 rings (SSSR count). The fraction of sp³-hybridized carbons (Fsp3) is 0.435. The number of guanidine groups is 1. The molecule has 0 bridgehead atoms. The van der Waals surface area contributed by atoms with Gasteiger partial charge < -0.3 is 20.0 Å². The quantitative estimate of drug-likeness (QED) is 0.261. The first-order valence-electron chi connectivity index (χ1n) is 10.8. The molecule has 1 unspecified atom stereocenters. The van der Waals surface area contributed by atoms with Crippen LogP contribution < -0.4 is 10.6 Å². The molecule has 3 aromatic rings. The van der Waals surface area contributed by atoms with E-state index in [1.807, 2.05) is 56.0 Å². The topological polar surface area (TPSA) is 82.8 Å². The second-order valence-electron chi connectivity index (χ2n) is 8.02. The molecule has 2 N–H and O–H groups in total. The van der Waals surface area contributed by atoms with Gasteiger partial charge in [-0.2, -0.15) is 0 Å². The number of nitrogens with one attached hydrogen (secondary N) is 2. The summed E-state index contributed by atoms with van der Waals surface area (Å²) in [5.41, 5.74) is 0.985. The predicted octanol–water partition coefficient (Wildman–Crippen LogP) is 4.49. The molecule has 0 saturated carbocycles. The molecule has 172 valence electrons. The number of thiazole rings is 1. The zero-order valence-electron chi connectivity index (χ0n) is 18.6. The summed E-state index contributed by atoms with van der Waals surface area (Å²) in [5.74, 6) is 2.54. The van der Waals surface area contributed by atoms with Crippen molar-refractivity contribution in [2.24, 2.45) is 10.9 Å². The number of aliphatic imine (C=N–C) groups is 1. The number of hydrogen-bond donors (Lipinski definition) is 2. The van der Waals surface area contributed by atoms with Crippen molar-refractivity contribution in [2.45, 2.75) is 39.8 Å². The summed E-state index contributed by atoms with van der Waals surface area (Å²) >= 11 is 1.62. The van der Waals surface area contributed by atoms with Crippen LogP contribution in [-0.2, 0) is 11.3 Å². The Kier molecular flexibility index (Phi) is 8.52. The number of carbonyl (C=O) groups is 1. The highest BCUT2D eigenvalue weighted by molar-refractivity contribution is 14.0. The second kappa shape index (κ2) is 11.1. The summed E-state index contributed by atoms with van der Waals surface area (Å²) in [6, 6.07) is 12.2. The van der Waals surface area contributed by atoms with E-state index >= 15 is 0 Å². The molecule has 7 nitrogen and oxygen atoms in total. The number of halogens is 1. The van der Waals surface area contributed by atoms with Crippen molar-refractivity contribution in [3.63, 3.8) is 0 Å². The molecule has 1 atom stereocenters. The lowest BCUT2D eigenvalue weighted by molar-refractivity contribution is -0.133. The minimum absolute atomic E-state index is 0. The van der Waals surface area contributed by atoms with E-state index in [1.54, 1.807) is 11.3 Å². The van der Waals surface area contributed by atoms with Crippen LogP contribution in [0.5, 0.6) is 0 Å². The summed E-state index contributed by atoms with van der Waals surface area (Å²) < 4.78 is 7.15. The molecule has 32 heavy (non-hydrogen) atoms. The lowest BCUT2D eigenvalue weighted by atomic mass is 10.2. The van der Waals surface area contributed by atoms with Crippen molar-refractivity contribution in [3.05, 3.63) is 42.2 Å². The van der Waals surface area contributed by atoms with Crippen molar-refractivity contribution in [1.29, 1.82) is 0 Å². The summed E-state index contributed by atoms with van der Waals surface area (Å²) in [7, 11) is 0. The minimum atomic E-state index is 0. The highest BCUT2D eigenvalue weighted by Crippen LogP contribution is 2.31. The van der Waals surface area contributed by atoms with Gasteiger partial charge in [0.05, 0.1) is 10.2 Å². The van der Waals surface area contributed by atoms with Crippen LogP contribution in [0.25, 0.3) is 21.0 Å². The molecule has 2 aromatic heterocycles. The first-order valence-corrected chi connectivity index (χ1v) is 11.6. The molecule has 3 heterocycles. The Morgan fingerprint density at radius 3 is 2.88 bits per heavy atom. The van der Waals surface area contributed by atoms with Gasteiger partial charge in [0.2, 0.25) is 5.91 Å². The van der Waals surface area contributed by atoms with Crippen molar-refractivity contribution in [2.75, 3.05) is 19.6 Å². The molecule has 1 amide bonds. The second-order valence-corrected chi connectivity index (χ2v) is 9.05. The number of likely N-dealkylation sites (tertiary alicyclic amines) is 1. The van der Waals surface area contributed by atoms with Crippen LogP contribution >= 0.6 is 35.3 Å². The third-order valence-electron chi connectivity index (χ3n) is 5.24. The number of aromatic nitrogens is 1. The molecule has 1 aliphatic heterocycles. The van der Waals surface area contributed by atoms with E-state index < -0.39 is 0 Å². The number of nitrogens with zero attached hydrogens (tertiary/aromatic N) is 3. The third-order valence-corrected chi connectivity index (χ3v) is 6.29. The first kappa shape index (κ1) is 24.5. The summed E-state index contributed by atoms with van der Waals surface area (Å²) in [4.78, 5) is 23.5. The van der Waals surface area contributed by atoms with E-state index in [0.717, 1.165) is 52.2 Å². The predicted molar refractivity (Wildman–Crippen MR) is 141 cm³/mol. The maximum atomic E-state index is 12.2. The highest BCUT2D eigenvalue weighted by Gasteiger charge is 2.28. The number of fused-ring (bicyclic) bond motifs is 1. The summed E-state index contributed by atoms with van der Waals surface area (Å²) in [5, 5.41) is 7.62. The van der Waals surface area contributed by atoms with Crippen LogP contribution in [0.1, 0.15) is 33.0 Å². The van der Waals surface area contributed by atoms with Crippen LogP contribution in [0.4, 0.5) is 0 Å². The average Bonchev–Trinajstić information content (AvgIpc) is 3.50. The molecule has 1 aromatic carbocycles. The van der Waals surface area contributed by atoms with Gasteiger partial charge >= 0.3 is 0 Å². The van der Waals surface area contributed by atoms with Gasteiger partial charge in [-0.05, 0) is 37.6 Å². The smallest absolute Gasteiger partial charge is 0.225 e. The van der Waals surface area contributed by atoms with E-state index in [-0.39, 0.29) is 41.8 Å². The third kappa shape index (κ3) is 5.80. The molecular weight excluding hydrogens is 537 g/mol. The lowest BCUT2D eigenvalue weighted by Crippen LogP contribution is -2.45. The van der Waals surface area contributed by atoms with Crippen molar-refractivity contribution >= 4 is 57.4 Å². The number of carbonyl (C=O) groups excluding carboxylic acids is 1. The van der Waals surface area contributed by atoms with E-state index in [9.17, 15) is 4.79 Å². The van der Waals surface area contributed by atoms with Crippen LogP contribution in [0.15, 0.2) is 45.8 Å². The molecule has 0 radical (unpaired) electrons. The Morgan fingerprint density at radius 2 is 2.12 bits per heavy atom. The number of amides is 1. The number of hydrogen-bond acceptors (Lipinski definition) is 5. The fourth-order valence-corrected chi connectivity index (χ4v) is 4.60. The van der Waals surface area contributed by atoms with Gasteiger partial charge in [0.25, 0.3) is 0 Å². The van der Waals surface area contributed by atoms with Gasteiger partial charge in [-0.25, -0.2) is 9.98 Å². The van der Waals surface area contributed by atoms with Crippen LogP contribution in [-0.4, -0.2) is 47.4 Å². The molecule has 1 saturated heterocycles. The maximum absolute atomic E-state index is 12.2.